The molecule has 0 amide bonds. The second-order valence-corrected chi connectivity index (χ2v) is 18.4. The second-order valence-electron chi connectivity index (χ2n) is 5.18. The summed E-state index contributed by atoms with van der Waals surface area (Å²) in [4.78, 5) is 0. The summed E-state index contributed by atoms with van der Waals surface area (Å²) in [5.41, 5.74) is 0.856. The SMILES string of the molecule is CC(C)[Si-](c1ccccc1)[Si](C)(C)C.[Li+]. The quantitative estimate of drug-likeness (QED) is 0.649. The predicted molar refractivity (Wildman–Crippen MR) is 70.3 cm³/mol. The minimum absolute atomic E-state index is 0. The van der Waals surface area contributed by atoms with Crippen molar-refractivity contribution in [1.29, 1.82) is 0 Å². The van der Waals surface area contributed by atoms with Crippen LogP contribution in [0.4, 0.5) is 0 Å². The summed E-state index contributed by atoms with van der Waals surface area (Å²) in [6.07, 6.45) is 0. The van der Waals surface area contributed by atoms with Crippen molar-refractivity contribution in [3.8, 4) is 0 Å². The fraction of sp³-hybridized carbons (Fsp3) is 0.500. The van der Waals surface area contributed by atoms with Gasteiger partial charge in [0.1, 0.15) is 0 Å². The molecule has 0 saturated carbocycles. The third-order valence-electron chi connectivity index (χ3n) is 2.47. The van der Waals surface area contributed by atoms with Crippen LogP contribution in [-0.4, -0.2) is 15.9 Å². The summed E-state index contributed by atoms with van der Waals surface area (Å²) in [6, 6.07) is 11.1. The molecule has 1 aromatic carbocycles. The van der Waals surface area contributed by atoms with Gasteiger partial charge in [-0.1, -0.05) is 71.4 Å². The number of hydrogen-bond donors (Lipinski definition) is 0. The third-order valence-corrected chi connectivity index (χ3v) is 13.6. The predicted octanol–water partition coefficient (Wildman–Crippen LogP) is 0.219. The van der Waals surface area contributed by atoms with Gasteiger partial charge in [-0.15, -0.1) is 0 Å². The Morgan fingerprint density at radius 1 is 1.00 bits per heavy atom. The van der Waals surface area contributed by atoms with Gasteiger partial charge in [0, 0.05) is 0 Å². The fourth-order valence-electron chi connectivity index (χ4n) is 2.25. The molecule has 0 fully saturated rings. The minimum atomic E-state index is -0.989. The van der Waals surface area contributed by atoms with Crippen molar-refractivity contribution in [2.75, 3.05) is 0 Å². The van der Waals surface area contributed by atoms with Crippen LogP contribution in [0, 0.1) is 0 Å². The number of hydrogen-bond acceptors (Lipinski definition) is 0. The van der Waals surface area contributed by atoms with Gasteiger partial charge in [-0.05, 0) is 0 Å². The van der Waals surface area contributed by atoms with Crippen molar-refractivity contribution in [3.05, 3.63) is 30.3 Å². The van der Waals surface area contributed by atoms with Gasteiger partial charge in [0.05, 0.1) is 0 Å². The van der Waals surface area contributed by atoms with E-state index in [9.17, 15) is 0 Å². The average Bonchev–Trinajstić information content (AvgIpc) is 2.02. The first-order valence-corrected chi connectivity index (χ1v) is 11.4. The zero-order valence-corrected chi connectivity index (χ0v) is 13.0. The Morgan fingerprint density at radius 3 is 1.80 bits per heavy atom. The normalized spacial score (nSPS) is 11.1. The molecule has 0 atom stereocenters. The standard InChI is InChI=1S/C12H21Si2.Li/c1-11(2)13(14(3,4)5)12-9-7-6-8-10-12;/h6-11H,1-5H3;/q-1;+1. The van der Waals surface area contributed by atoms with Crippen LogP contribution in [0.2, 0.25) is 25.2 Å². The molecule has 3 heteroatoms. The number of benzene rings is 1. The van der Waals surface area contributed by atoms with E-state index in [1.807, 2.05) is 0 Å². The minimum Gasteiger partial charge on any atom is -0.280 e. The Kier molecular flexibility index (Phi) is 6.20. The van der Waals surface area contributed by atoms with Crippen LogP contribution in [0.3, 0.4) is 0 Å². The summed E-state index contributed by atoms with van der Waals surface area (Å²) in [5.74, 6) is 0. The molecule has 78 valence electrons. The molecule has 15 heavy (non-hydrogen) atoms. The average molecular weight is 228 g/mol. The molecular weight excluding hydrogens is 207 g/mol. The topological polar surface area (TPSA) is 0 Å². The molecule has 0 radical (unpaired) electrons. The van der Waals surface area contributed by atoms with E-state index in [1.165, 1.54) is 0 Å². The van der Waals surface area contributed by atoms with Crippen LogP contribution in [0.15, 0.2) is 30.3 Å². The summed E-state index contributed by atoms with van der Waals surface area (Å²) < 4.78 is 0. The Bertz CT molecular complexity index is 277. The fourth-order valence-corrected chi connectivity index (χ4v) is 14.4. The Morgan fingerprint density at radius 2 is 1.47 bits per heavy atom. The van der Waals surface area contributed by atoms with E-state index >= 15 is 0 Å². The monoisotopic (exact) mass is 228 g/mol. The largest absolute Gasteiger partial charge is 1.00 e. The molecule has 0 bridgehead atoms. The van der Waals surface area contributed by atoms with Crippen LogP contribution in [0.1, 0.15) is 13.8 Å². The Labute approximate surface area is 109 Å². The van der Waals surface area contributed by atoms with Gasteiger partial charge < -0.3 is 0 Å². The Hall–Kier alpha value is 0.251. The first-order valence-electron chi connectivity index (χ1n) is 5.35. The molecule has 0 spiro atoms. The summed E-state index contributed by atoms with van der Waals surface area (Å²) in [7, 11) is -1.30. The van der Waals surface area contributed by atoms with Crippen LogP contribution < -0.4 is 24.0 Å². The maximum Gasteiger partial charge on any atom is 1.00 e. The van der Waals surface area contributed by atoms with E-state index < -0.39 is 7.59 Å². The van der Waals surface area contributed by atoms with Crippen LogP contribution in [0.5, 0.6) is 0 Å². The molecule has 1 aromatic rings. The van der Waals surface area contributed by atoms with E-state index in [4.69, 9.17) is 0 Å². The van der Waals surface area contributed by atoms with Gasteiger partial charge in [0.2, 0.25) is 0 Å². The second kappa shape index (κ2) is 6.10. The van der Waals surface area contributed by atoms with Gasteiger partial charge in [0.15, 0.2) is 0 Å². The summed E-state index contributed by atoms with van der Waals surface area (Å²) >= 11 is 0. The first-order chi connectivity index (χ1) is 6.43. The van der Waals surface area contributed by atoms with E-state index in [1.54, 1.807) is 5.19 Å². The van der Waals surface area contributed by atoms with Crippen molar-refractivity contribution >= 4 is 21.1 Å². The van der Waals surface area contributed by atoms with E-state index in [0.29, 0.717) is 0 Å². The van der Waals surface area contributed by atoms with E-state index in [2.05, 4.69) is 63.8 Å². The maximum absolute atomic E-state index is 2.51. The van der Waals surface area contributed by atoms with Crippen LogP contribution in [-0.2, 0) is 0 Å². The van der Waals surface area contributed by atoms with E-state index in [0.717, 1.165) is 5.54 Å². The van der Waals surface area contributed by atoms with E-state index in [-0.39, 0.29) is 27.2 Å². The summed E-state index contributed by atoms with van der Waals surface area (Å²) in [6.45, 7) is 12.3. The molecular formula is C12H21LiSi2. The smallest absolute Gasteiger partial charge is 0.280 e. The molecule has 0 unspecified atom stereocenters. The zero-order valence-electron chi connectivity index (χ0n) is 11.0. The molecule has 1 rings (SSSR count). The first kappa shape index (κ1) is 15.3. The van der Waals surface area contributed by atoms with Gasteiger partial charge in [0.25, 0.3) is 0 Å². The molecule has 0 aliphatic rings. The zero-order chi connectivity index (χ0) is 10.8. The van der Waals surface area contributed by atoms with Gasteiger partial charge >= 0.3 is 18.9 Å². The molecule has 0 nitrogen and oxygen atoms in total. The molecule has 0 heterocycles. The molecule has 0 N–H and O–H groups in total. The van der Waals surface area contributed by atoms with Crippen LogP contribution >= 0.6 is 0 Å². The van der Waals surface area contributed by atoms with Crippen molar-refractivity contribution in [2.24, 2.45) is 0 Å². The molecule has 0 aromatic heterocycles. The van der Waals surface area contributed by atoms with Crippen LogP contribution in [0.25, 0.3) is 0 Å². The summed E-state index contributed by atoms with van der Waals surface area (Å²) in [5, 5.41) is 1.63. The van der Waals surface area contributed by atoms with Crippen molar-refractivity contribution in [1.82, 2.24) is 0 Å². The maximum atomic E-state index is 2.51. The Balaban J connectivity index is 0.00000196. The van der Waals surface area contributed by atoms with Gasteiger partial charge in [-0.3, -0.25) is 8.31 Å². The van der Waals surface area contributed by atoms with Crippen molar-refractivity contribution < 1.29 is 18.9 Å². The molecule has 0 aliphatic heterocycles. The molecule has 0 saturated heterocycles. The van der Waals surface area contributed by atoms with Gasteiger partial charge in [-0.2, -0.15) is 5.54 Å². The van der Waals surface area contributed by atoms with Crippen molar-refractivity contribution in [2.45, 2.75) is 39.0 Å². The number of rotatable bonds is 3. The van der Waals surface area contributed by atoms with Gasteiger partial charge in [-0.25, -0.2) is 5.19 Å². The molecule has 0 aliphatic carbocycles. The third kappa shape index (κ3) is 4.32. The van der Waals surface area contributed by atoms with Crippen molar-refractivity contribution in [3.63, 3.8) is 0 Å².